The Balaban J connectivity index is 1.49. The molecule has 1 aromatic rings. The Labute approximate surface area is 196 Å². The number of hydrogen-bond acceptors (Lipinski definition) is 4. The minimum atomic E-state index is -3.94. The van der Waals surface area contributed by atoms with E-state index in [1.165, 1.54) is 12.1 Å². The maximum Gasteiger partial charge on any atom is 0.241 e. The van der Waals surface area contributed by atoms with Crippen molar-refractivity contribution in [3.63, 3.8) is 0 Å². The second-order valence-corrected chi connectivity index (χ2v) is 13.3. The van der Waals surface area contributed by atoms with Crippen molar-refractivity contribution < 1.29 is 18.0 Å². The van der Waals surface area contributed by atoms with E-state index in [1.54, 1.807) is 19.9 Å². The minimum absolute atomic E-state index is 0.00535. The molecule has 4 aliphatic rings. The summed E-state index contributed by atoms with van der Waals surface area (Å²) in [6, 6.07) is 4.41. The zero-order valence-corrected chi connectivity index (χ0v) is 20.8. The van der Waals surface area contributed by atoms with Crippen LogP contribution in [-0.2, 0) is 19.6 Å². The van der Waals surface area contributed by atoms with Gasteiger partial charge in [-0.15, -0.1) is 0 Å². The van der Waals surface area contributed by atoms with Crippen molar-refractivity contribution in [3.8, 4) is 0 Å². The van der Waals surface area contributed by atoms with Gasteiger partial charge in [0.15, 0.2) is 5.78 Å². The molecule has 170 valence electrons. The summed E-state index contributed by atoms with van der Waals surface area (Å²) in [6.07, 6.45) is 4.78. The van der Waals surface area contributed by atoms with E-state index in [2.05, 4.69) is 20.7 Å². The summed E-state index contributed by atoms with van der Waals surface area (Å²) < 4.78 is 28.9. The van der Waals surface area contributed by atoms with Gasteiger partial charge in [-0.25, -0.2) is 8.42 Å². The maximum atomic E-state index is 13.3. The topological polar surface area (TPSA) is 106 Å². The monoisotopic (exact) mass is 530 g/mol. The van der Waals surface area contributed by atoms with Crippen LogP contribution in [0.3, 0.4) is 0 Å². The van der Waals surface area contributed by atoms with E-state index in [1.807, 2.05) is 0 Å². The zero-order valence-electron chi connectivity index (χ0n) is 17.7. The number of nitrogens with two attached hydrogens (primary N) is 1. The normalized spacial score (nSPS) is 32.3. The number of nitrogens with one attached hydrogen (secondary N) is 1. The van der Waals surface area contributed by atoms with E-state index in [4.69, 9.17) is 17.3 Å². The Kier molecular flexibility index (Phi) is 5.85. The Morgan fingerprint density at radius 2 is 1.81 bits per heavy atom. The molecule has 0 aromatic heterocycles. The number of ketones is 1. The van der Waals surface area contributed by atoms with Crippen LogP contribution in [0.2, 0.25) is 5.02 Å². The van der Waals surface area contributed by atoms with E-state index in [9.17, 15) is 18.0 Å². The lowest BCUT2D eigenvalue weighted by Crippen LogP contribution is -2.57. The fourth-order valence-electron chi connectivity index (χ4n) is 6.37. The minimum Gasteiger partial charge on any atom is -0.369 e. The summed E-state index contributed by atoms with van der Waals surface area (Å²) in [7, 11) is -3.94. The van der Waals surface area contributed by atoms with Crippen LogP contribution in [-0.4, -0.2) is 25.6 Å². The van der Waals surface area contributed by atoms with Crippen LogP contribution in [0.15, 0.2) is 27.6 Å². The lowest BCUT2D eigenvalue weighted by molar-refractivity contribution is -0.152. The highest BCUT2D eigenvalue weighted by Gasteiger charge is 2.58. The maximum absolute atomic E-state index is 13.3. The molecule has 4 saturated carbocycles. The summed E-state index contributed by atoms with van der Waals surface area (Å²) in [4.78, 5) is 25.4. The molecule has 1 aromatic carbocycles. The molecule has 5 rings (SSSR count). The first kappa shape index (κ1) is 23.2. The summed E-state index contributed by atoms with van der Waals surface area (Å²) in [5.74, 6) is 0.975. The number of halogens is 2. The molecule has 9 heteroatoms. The number of amides is 1. The van der Waals surface area contributed by atoms with Gasteiger partial charge < -0.3 is 5.73 Å². The zero-order chi connectivity index (χ0) is 22.8. The summed E-state index contributed by atoms with van der Waals surface area (Å²) in [6.45, 7) is 3.21. The van der Waals surface area contributed by atoms with Gasteiger partial charge in [0.05, 0.1) is 10.4 Å². The van der Waals surface area contributed by atoms with Gasteiger partial charge in [0.2, 0.25) is 15.9 Å². The quantitative estimate of drug-likeness (QED) is 0.553. The fourth-order valence-corrected chi connectivity index (χ4v) is 8.91. The molecule has 2 unspecified atom stereocenters. The highest BCUT2D eigenvalue weighted by Crippen LogP contribution is 2.62. The van der Waals surface area contributed by atoms with Gasteiger partial charge >= 0.3 is 0 Å². The van der Waals surface area contributed by atoms with Crippen LogP contribution in [0.1, 0.15) is 52.4 Å². The molecule has 3 N–H and O–H groups in total. The Hall–Kier alpha value is -0.960. The number of carbonyl (C=O) groups is 2. The number of rotatable bonds is 7. The first-order valence-corrected chi connectivity index (χ1v) is 13.3. The average Bonchev–Trinajstić information content (AvgIpc) is 2.62. The van der Waals surface area contributed by atoms with Gasteiger partial charge in [-0.3, -0.25) is 9.59 Å². The third kappa shape index (κ3) is 4.33. The number of Topliss-reactive ketones (excluding diaryl/α,β-unsaturated/α-hetero) is 1. The van der Waals surface area contributed by atoms with Gasteiger partial charge in [0.1, 0.15) is 0 Å². The van der Waals surface area contributed by atoms with Crippen molar-refractivity contribution in [2.45, 2.75) is 62.8 Å². The predicted octanol–water partition coefficient (Wildman–Crippen LogP) is 4.05. The van der Waals surface area contributed by atoms with Crippen LogP contribution >= 0.6 is 27.5 Å². The summed E-state index contributed by atoms with van der Waals surface area (Å²) in [5, 5.41) is 0.288. The largest absolute Gasteiger partial charge is 0.369 e. The molecule has 0 heterocycles. The van der Waals surface area contributed by atoms with Crippen molar-refractivity contribution in [2.75, 3.05) is 0 Å². The van der Waals surface area contributed by atoms with Gasteiger partial charge in [-0.2, -0.15) is 4.72 Å². The Bertz CT molecular complexity index is 1010. The highest BCUT2D eigenvalue weighted by molar-refractivity contribution is 9.10. The molecule has 0 radical (unpaired) electrons. The molecule has 6 nitrogen and oxygen atoms in total. The van der Waals surface area contributed by atoms with E-state index in [0.717, 1.165) is 32.1 Å². The van der Waals surface area contributed by atoms with Gasteiger partial charge in [-0.1, -0.05) is 27.5 Å². The van der Waals surface area contributed by atoms with E-state index in [-0.39, 0.29) is 27.5 Å². The van der Waals surface area contributed by atoms with Crippen LogP contribution < -0.4 is 10.5 Å². The molecule has 4 fully saturated rings. The number of benzene rings is 1. The van der Waals surface area contributed by atoms with Gasteiger partial charge in [0.25, 0.3) is 0 Å². The van der Waals surface area contributed by atoms with Gasteiger partial charge in [-0.05, 0) is 87.8 Å². The van der Waals surface area contributed by atoms with Crippen LogP contribution in [0.25, 0.3) is 0 Å². The number of primary amides is 1. The van der Waals surface area contributed by atoms with Crippen molar-refractivity contribution in [1.82, 2.24) is 4.72 Å². The van der Waals surface area contributed by atoms with Crippen molar-refractivity contribution >= 4 is 49.2 Å². The lowest BCUT2D eigenvalue weighted by atomic mass is 9.45. The second-order valence-electron chi connectivity index (χ2n) is 10.2. The van der Waals surface area contributed by atoms with Gasteiger partial charge in [0, 0.05) is 21.3 Å². The van der Waals surface area contributed by atoms with E-state index >= 15 is 0 Å². The molecular formula is C22H28BrClN2O4S. The SMILES string of the molecule is CC(C)(NS(=O)(=O)c1cc(Cl)cc(Br)c1)C(=O)CC1C2CC3CC1CC(C(N)=O)(C3)C2. The Morgan fingerprint density at radius 3 is 2.35 bits per heavy atom. The van der Waals surface area contributed by atoms with E-state index < -0.39 is 21.0 Å². The third-order valence-electron chi connectivity index (χ3n) is 7.65. The van der Waals surface area contributed by atoms with E-state index in [0.29, 0.717) is 28.6 Å². The molecule has 0 aliphatic heterocycles. The predicted molar refractivity (Wildman–Crippen MR) is 122 cm³/mol. The first-order valence-electron chi connectivity index (χ1n) is 10.6. The molecule has 1 amide bonds. The number of sulfonamides is 1. The van der Waals surface area contributed by atoms with Crippen LogP contribution in [0.4, 0.5) is 0 Å². The molecule has 0 spiro atoms. The second kappa shape index (κ2) is 7.82. The third-order valence-corrected chi connectivity index (χ3v) is 9.96. The summed E-state index contributed by atoms with van der Waals surface area (Å²) in [5.41, 5.74) is 4.10. The molecule has 2 atom stereocenters. The lowest BCUT2D eigenvalue weighted by Gasteiger charge is -2.59. The fraction of sp³-hybridized carbons (Fsp3) is 0.636. The highest BCUT2D eigenvalue weighted by atomic mass is 79.9. The van der Waals surface area contributed by atoms with Crippen LogP contribution in [0.5, 0.6) is 0 Å². The average molecular weight is 532 g/mol. The standard InChI is InChI=1S/C22H28BrClN2O4S/c1-21(2,26-31(29,30)17-6-15(23)5-16(24)7-17)19(27)8-18-13-3-12-4-14(18)11-22(9-12,10-13)20(25)28/h5-7,12-14,18,26H,3-4,8-11H2,1-2H3,(H2,25,28). The molecule has 4 aliphatic carbocycles. The molecule has 4 bridgehead atoms. The smallest absolute Gasteiger partial charge is 0.241 e. The Morgan fingerprint density at radius 1 is 1.19 bits per heavy atom. The molecule has 31 heavy (non-hydrogen) atoms. The van der Waals surface area contributed by atoms with Crippen molar-refractivity contribution in [1.29, 1.82) is 0 Å². The first-order chi connectivity index (χ1) is 14.3. The molecule has 0 saturated heterocycles. The number of hydrogen-bond donors (Lipinski definition) is 2. The van der Waals surface area contributed by atoms with Crippen molar-refractivity contribution in [2.24, 2.45) is 34.8 Å². The number of carbonyl (C=O) groups excluding carboxylic acids is 2. The van der Waals surface area contributed by atoms with Crippen LogP contribution in [0, 0.1) is 29.1 Å². The van der Waals surface area contributed by atoms with Crippen molar-refractivity contribution in [3.05, 3.63) is 27.7 Å². The molecular weight excluding hydrogens is 504 g/mol. The summed E-state index contributed by atoms with van der Waals surface area (Å²) >= 11 is 9.25.